The molecule has 126 valence electrons. The van der Waals surface area contributed by atoms with Crippen LogP contribution in [0.25, 0.3) is 0 Å². The maximum absolute atomic E-state index is 12.5. The topological polar surface area (TPSA) is 75.4 Å². The first kappa shape index (κ1) is 17.8. The van der Waals surface area contributed by atoms with Crippen LogP contribution in [0.5, 0.6) is 0 Å². The smallest absolute Gasteiger partial charge is 0.253 e. The average Bonchev–Trinajstić information content (AvgIpc) is 3.37. The zero-order valence-corrected chi connectivity index (χ0v) is 14.0. The summed E-state index contributed by atoms with van der Waals surface area (Å²) < 4.78 is 0. The van der Waals surface area contributed by atoms with Crippen molar-refractivity contribution in [3.05, 3.63) is 35.4 Å². The van der Waals surface area contributed by atoms with E-state index in [0.717, 1.165) is 38.4 Å². The highest BCUT2D eigenvalue weighted by atomic mass is 35.5. The highest BCUT2D eigenvalue weighted by molar-refractivity contribution is 5.99. The summed E-state index contributed by atoms with van der Waals surface area (Å²) >= 11 is 0. The number of nitrogens with zero attached hydrogens (tertiary/aromatic N) is 1. The Bertz CT molecular complexity index is 567. The van der Waals surface area contributed by atoms with Crippen LogP contribution in [0, 0.1) is 5.92 Å². The third-order valence-corrected chi connectivity index (χ3v) is 4.57. The molecule has 6 heteroatoms. The average molecular weight is 338 g/mol. The molecule has 1 aromatic rings. The van der Waals surface area contributed by atoms with Crippen LogP contribution < -0.4 is 11.1 Å². The van der Waals surface area contributed by atoms with Crippen LogP contribution in [0.4, 0.5) is 0 Å². The molecule has 2 fully saturated rings. The van der Waals surface area contributed by atoms with Crippen molar-refractivity contribution in [2.45, 2.75) is 31.7 Å². The summed E-state index contributed by atoms with van der Waals surface area (Å²) in [6.45, 7) is 2.66. The lowest BCUT2D eigenvalue weighted by Crippen LogP contribution is -2.45. The number of primary amides is 1. The number of carbonyl (C=O) groups is 2. The minimum atomic E-state index is -0.502. The minimum absolute atomic E-state index is 0. The number of nitrogens with one attached hydrogen (secondary N) is 1. The van der Waals surface area contributed by atoms with Gasteiger partial charge in [0.2, 0.25) is 5.91 Å². The van der Waals surface area contributed by atoms with Crippen molar-refractivity contribution >= 4 is 24.2 Å². The molecule has 1 aliphatic carbocycles. The van der Waals surface area contributed by atoms with Crippen molar-refractivity contribution in [2.24, 2.45) is 11.7 Å². The molecule has 2 amide bonds. The molecule has 1 aliphatic heterocycles. The molecular formula is C17H24ClN3O2. The van der Waals surface area contributed by atoms with Gasteiger partial charge < -0.3 is 16.0 Å². The van der Waals surface area contributed by atoms with E-state index in [1.807, 2.05) is 4.90 Å². The summed E-state index contributed by atoms with van der Waals surface area (Å²) in [7, 11) is 0. The van der Waals surface area contributed by atoms with Crippen LogP contribution in [0.1, 0.15) is 46.4 Å². The fourth-order valence-electron chi connectivity index (χ4n) is 2.93. The van der Waals surface area contributed by atoms with E-state index >= 15 is 0 Å². The number of carbonyl (C=O) groups excluding carboxylic acids is 2. The van der Waals surface area contributed by atoms with E-state index in [2.05, 4.69) is 5.32 Å². The quantitative estimate of drug-likeness (QED) is 0.860. The number of rotatable bonds is 5. The van der Waals surface area contributed by atoms with Crippen LogP contribution in [0.3, 0.4) is 0 Å². The van der Waals surface area contributed by atoms with E-state index in [1.165, 1.54) is 12.8 Å². The fraction of sp³-hybridized carbons (Fsp3) is 0.529. The molecule has 3 N–H and O–H groups in total. The van der Waals surface area contributed by atoms with Crippen LogP contribution in [0.15, 0.2) is 24.3 Å². The second kappa shape index (κ2) is 7.79. The van der Waals surface area contributed by atoms with Gasteiger partial charge in [-0.3, -0.25) is 9.59 Å². The Labute approximate surface area is 143 Å². The predicted octanol–water partition coefficient (Wildman–Crippen LogP) is 1.81. The van der Waals surface area contributed by atoms with Crippen LogP contribution >= 0.6 is 12.4 Å². The summed E-state index contributed by atoms with van der Waals surface area (Å²) in [5, 5.41) is 3.61. The lowest BCUT2D eigenvalue weighted by molar-refractivity contribution is 0.0705. The lowest BCUT2D eigenvalue weighted by Gasteiger charge is -2.32. The molecule has 3 rings (SSSR count). The maximum atomic E-state index is 12.5. The first-order valence-corrected chi connectivity index (χ1v) is 8.06. The van der Waals surface area contributed by atoms with Crippen LogP contribution in [-0.4, -0.2) is 42.4 Å². The van der Waals surface area contributed by atoms with E-state index < -0.39 is 5.91 Å². The third kappa shape index (κ3) is 4.69. The molecule has 5 nitrogen and oxygen atoms in total. The highest BCUT2D eigenvalue weighted by Crippen LogP contribution is 2.28. The Hall–Kier alpha value is -1.59. The molecule has 0 atom stereocenters. The molecular weight excluding hydrogens is 314 g/mol. The zero-order valence-electron chi connectivity index (χ0n) is 13.2. The van der Waals surface area contributed by atoms with Gasteiger partial charge in [-0.15, -0.1) is 12.4 Å². The Balaban J connectivity index is 0.00000192. The zero-order chi connectivity index (χ0) is 15.5. The van der Waals surface area contributed by atoms with Gasteiger partial charge in [-0.25, -0.2) is 0 Å². The first-order chi connectivity index (χ1) is 10.6. The van der Waals surface area contributed by atoms with Gasteiger partial charge in [-0.1, -0.05) is 6.07 Å². The normalized spacial score (nSPS) is 18.3. The van der Waals surface area contributed by atoms with Gasteiger partial charge in [0.1, 0.15) is 0 Å². The second-order valence-electron chi connectivity index (χ2n) is 6.36. The molecule has 0 bridgehead atoms. The van der Waals surface area contributed by atoms with Gasteiger partial charge in [0.15, 0.2) is 0 Å². The van der Waals surface area contributed by atoms with Crippen molar-refractivity contribution in [1.82, 2.24) is 10.2 Å². The molecule has 1 saturated carbocycles. The molecule has 1 heterocycles. The van der Waals surface area contributed by atoms with Gasteiger partial charge in [0, 0.05) is 30.3 Å². The fourth-order valence-corrected chi connectivity index (χ4v) is 2.93. The number of hydrogen-bond acceptors (Lipinski definition) is 3. The van der Waals surface area contributed by atoms with E-state index in [4.69, 9.17) is 5.73 Å². The highest BCUT2D eigenvalue weighted by Gasteiger charge is 2.26. The van der Waals surface area contributed by atoms with Crippen molar-refractivity contribution in [3.8, 4) is 0 Å². The van der Waals surface area contributed by atoms with E-state index in [0.29, 0.717) is 17.2 Å². The van der Waals surface area contributed by atoms with E-state index in [1.54, 1.807) is 24.3 Å². The Morgan fingerprint density at radius 1 is 1.13 bits per heavy atom. The molecule has 1 saturated heterocycles. The maximum Gasteiger partial charge on any atom is 0.253 e. The molecule has 1 aromatic carbocycles. The van der Waals surface area contributed by atoms with Crippen LogP contribution in [-0.2, 0) is 0 Å². The summed E-state index contributed by atoms with van der Waals surface area (Å²) in [6, 6.07) is 7.19. The summed E-state index contributed by atoms with van der Waals surface area (Å²) in [5.74, 6) is 0.373. The summed E-state index contributed by atoms with van der Waals surface area (Å²) in [4.78, 5) is 25.6. The number of hydrogen-bond donors (Lipinski definition) is 2. The molecule has 0 spiro atoms. The Morgan fingerprint density at radius 2 is 1.78 bits per heavy atom. The standard InChI is InChI=1S/C17H23N3O2.ClH/c18-16(21)13-2-1-3-14(10-13)17(22)20-8-6-15(7-9-20)19-11-12-4-5-12;/h1-3,10,12,15,19H,4-9,11H2,(H2,18,21);1H. The van der Waals surface area contributed by atoms with Gasteiger partial charge in [0.25, 0.3) is 5.91 Å². The Morgan fingerprint density at radius 3 is 2.39 bits per heavy atom. The monoisotopic (exact) mass is 337 g/mol. The first-order valence-electron chi connectivity index (χ1n) is 8.06. The third-order valence-electron chi connectivity index (χ3n) is 4.57. The SMILES string of the molecule is Cl.NC(=O)c1cccc(C(=O)N2CCC(NCC3CC3)CC2)c1. The van der Waals surface area contributed by atoms with Crippen molar-refractivity contribution in [2.75, 3.05) is 19.6 Å². The van der Waals surface area contributed by atoms with Gasteiger partial charge in [0.05, 0.1) is 0 Å². The van der Waals surface area contributed by atoms with Gasteiger partial charge in [-0.2, -0.15) is 0 Å². The molecule has 0 unspecified atom stereocenters. The Kier molecular flexibility index (Phi) is 6.02. The summed E-state index contributed by atoms with van der Waals surface area (Å²) in [6.07, 6.45) is 4.71. The minimum Gasteiger partial charge on any atom is -0.366 e. The lowest BCUT2D eigenvalue weighted by atomic mass is 10.0. The number of likely N-dealkylation sites (tertiary alicyclic amines) is 1. The van der Waals surface area contributed by atoms with Crippen molar-refractivity contribution < 1.29 is 9.59 Å². The van der Waals surface area contributed by atoms with E-state index in [-0.39, 0.29) is 18.3 Å². The molecule has 0 radical (unpaired) electrons. The number of halogens is 1. The largest absolute Gasteiger partial charge is 0.366 e. The molecule has 0 aromatic heterocycles. The number of amides is 2. The van der Waals surface area contributed by atoms with Crippen LogP contribution in [0.2, 0.25) is 0 Å². The number of benzene rings is 1. The second-order valence-corrected chi connectivity index (χ2v) is 6.36. The van der Waals surface area contributed by atoms with Crippen molar-refractivity contribution in [1.29, 1.82) is 0 Å². The van der Waals surface area contributed by atoms with Gasteiger partial charge >= 0.3 is 0 Å². The van der Waals surface area contributed by atoms with Gasteiger partial charge in [-0.05, 0) is 56.3 Å². The number of nitrogens with two attached hydrogens (primary N) is 1. The number of piperidine rings is 1. The summed E-state index contributed by atoms with van der Waals surface area (Å²) in [5.41, 5.74) is 6.19. The van der Waals surface area contributed by atoms with E-state index in [9.17, 15) is 9.59 Å². The molecule has 2 aliphatic rings. The predicted molar refractivity (Wildman–Crippen MR) is 91.9 cm³/mol. The van der Waals surface area contributed by atoms with Crippen molar-refractivity contribution in [3.63, 3.8) is 0 Å². The molecule has 23 heavy (non-hydrogen) atoms.